The van der Waals surface area contributed by atoms with E-state index in [0.29, 0.717) is 6.42 Å². The predicted molar refractivity (Wildman–Crippen MR) is 50.8 cm³/mol. The van der Waals surface area contributed by atoms with E-state index in [-0.39, 0.29) is 6.04 Å². The van der Waals surface area contributed by atoms with Crippen molar-refractivity contribution in [3.05, 3.63) is 29.6 Å². The van der Waals surface area contributed by atoms with Crippen molar-refractivity contribution < 1.29 is 0 Å². The van der Waals surface area contributed by atoms with E-state index in [1.165, 1.54) is 5.56 Å². The molecule has 0 aliphatic heterocycles. The van der Waals surface area contributed by atoms with Crippen LogP contribution >= 0.6 is 0 Å². The van der Waals surface area contributed by atoms with Crippen molar-refractivity contribution in [2.45, 2.75) is 25.8 Å². The summed E-state index contributed by atoms with van der Waals surface area (Å²) in [5.41, 5.74) is 7.99. The van der Waals surface area contributed by atoms with E-state index in [2.05, 4.69) is 18.0 Å². The average Bonchev–Trinajstić information content (AvgIpc) is 2.18. The fourth-order valence-corrected chi connectivity index (χ4v) is 1.30. The monoisotopic (exact) mass is 175 g/mol. The van der Waals surface area contributed by atoms with E-state index in [1.807, 2.05) is 6.07 Å². The Morgan fingerprint density at radius 1 is 1.69 bits per heavy atom. The van der Waals surface area contributed by atoms with Gasteiger partial charge in [-0.05, 0) is 23.6 Å². The Hall–Kier alpha value is -1.40. The van der Waals surface area contributed by atoms with Crippen molar-refractivity contribution in [1.82, 2.24) is 4.98 Å². The lowest BCUT2D eigenvalue weighted by atomic mass is 10.0. The Balaban J connectivity index is 2.93. The number of aromatic nitrogens is 1. The minimum Gasteiger partial charge on any atom is -0.323 e. The fraction of sp³-hybridized carbons (Fsp3) is 0.400. The molecule has 0 amide bonds. The topological polar surface area (TPSA) is 62.7 Å². The van der Waals surface area contributed by atoms with Crippen LogP contribution < -0.4 is 5.73 Å². The van der Waals surface area contributed by atoms with Gasteiger partial charge in [0.2, 0.25) is 0 Å². The first-order valence-electron chi connectivity index (χ1n) is 4.35. The zero-order chi connectivity index (χ0) is 9.68. The van der Waals surface area contributed by atoms with Gasteiger partial charge in [0.1, 0.15) is 0 Å². The van der Waals surface area contributed by atoms with Crippen LogP contribution in [0, 0.1) is 11.3 Å². The molecule has 3 heteroatoms. The molecular formula is C10H13N3. The maximum Gasteiger partial charge on any atom is 0.0641 e. The van der Waals surface area contributed by atoms with Crippen molar-refractivity contribution in [3.63, 3.8) is 0 Å². The second-order valence-corrected chi connectivity index (χ2v) is 2.90. The summed E-state index contributed by atoms with van der Waals surface area (Å²) in [4.78, 5) is 4.01. The molecule has 1 heterocycles. The molecule has 1 rings (SSSR count). The Morgan fingerprint density at radius 3 is 3.08 bits per heavy atom. The Labute approximate surface area is 78.2 Å². The first-order valence-corrected chi connectivity index (χ1v) is 4.35. The normalized spacial score (nSPS) is 12.1. The Bertz CT molecular complexity index is 314. The summed E-state index contributed by atoms with van der Waals surface area (Å²) in [6.07, 6.45) is 4.78. The van der Waals surface area contributed by atoms with Gasteiger partial charge in [0.15, 0.2) is 0 Å². The second-order valence-electron chi connectivity index (χ2n) is 2.90. The van der Waals surface area contributed by atoms with Gasteiger partial charge in [-0.15, -0.1) is 0 Å². The number of pyridine rings is 1. The van der Waals surface area contributed by atoms with Crippen molar-refractivity contribution in [2.75, 3.05) is 0 Å². The zero-order valence-electron chi connectivity index (χ0n) is 7.70. The van der Waals surface area contributed by atoms with Gasteiger partial charge in [-0.2, -0.15) is 5.26 Å². The maximum atomic E-state index is 8.51. The molecule has 1 aromatic rings. The Morgan fingerprint density at radius 2 is 2.46 bits per heavy atom. The summed E-state index contributed by atoms with van der Waals surface area (Å²) in [6.45, 7) is 2.07. The van der Waals surface area contributed by atoms with Gasteiger partial charge in [0, 0.05) is 18.4 Å². The highest BCUT2D eigenvalue weighted by molar-refractivity contribution is 5.26. The molecule has 1 atom stereocenters. The van der Waals surface area contributed by atoms with Crippen molar-refractivity contribution >= 4 is 0 Å². The molecule has 0 aromatic carbocycles. The molecule has 0 saturated carbocycles. The van der Waals surface area contributed by atoms with Crippen LogP contribution in [-0.4, -0.2) is 4.98 Å². The smallest absolute Gasteiger partial charge is 0.0641 e. The summed E-state index contributed by atoms with van der Waals surface area (Å²) >= 11 is 0. The Kier molecular flexibility index (Phi) is 3.41. The van der Waals surface area contributed by atoms with E-state index in [4.69, 9.17) is 11.0 Å². The molecule has 2 N–H and O–H groups in total. The maximum absolute atomic E-state index is 8.51. The minimum atomic E-state index is -0.200. The number of rotatable bonds is 3. The molecule has 68 valence electrons. The van der Waals surface area contributed by atoms with Crippen LogP contribution in [0.25, 0.3) is 0 Å². The first kappa shape index (κ1) is 9.69. The standard InChI is InChI=1S/C10H13N3/c1-2-8-4-6-13-7-9(8)10(12)3-5-11/h4,6-7,10H,2-3,12H2,1H3. The van der Waals surface area contributed by atoms with Gasteiger partial charge < -0.3 is 5.73 Å². The van der Waals surface area contributed by atoms with Crippen LogP contribution in [0.2, 0.25) is 0 Å². The summed E-state index contributed by atoms with van der Waals surface area (Å²) in [5, 5.41) is 8.51. The minimum absolute atomic E-state index is 0.200. The average molecular weight is 175 g/mol. The SMILES string of the molecule is CCc1ccncc1C(N)CC#N. The number of hydrogen-bond donors (Lipinski definition) is 1. The van der Waals surface area contributed by atoms with Gasteiger partial charge >= 0.3 is 0 Å². The highest BCUT2D eigenvalue weighted by atomic mass is 14.7. The third kappa shape index (κ3) is 2.27. The van der Waals surface area contributed by atoms with Crippen LogP contribution in [0.4, 0.5) is 0 Å². The van der Waals surface area contributed by atoms with Crippen LogP contribution in [-0.2, 0) is 6.42 Å². The van der Waals surface area contributed by atoms with Crippen LogP contribution in [0.3, 0.4) is 0 Å². The van der Waals surface area contributed by atoms with E-state index in [9.17, 15) is 0 Å². The highest BCUT2D eigenvalue weighted by Gasteiger charge is 2.08. The van der Waals surface area contributed by atoms with Gasteiger partial charge in [-0.25, -0.2) is 0 Å². The van der Waals surface area contributed by atoms with Crippen LogP contribution in [0.1, 0.15) is 30.5 Å². The zero-order valence-corrected chi connectivity index (χ0v) is 7.70. The highest BCUT2D eigenvalue weighted by Crippen LogP contribution is 2.17. The van der Waals surface area contributed by atoms with Crippen LogP contribution in [0.15, 0.2) is 18.5 Å². The fourth-order valence-electron chi connectivity index (χ4n) is 1.30. The van der Waals surface area contributed by atoms with Crippen molar-refractivity contribution in [2.24, 2.45) is 5.73 Å². The molecule has 0 saturated heterocycles. The molecule has 0 radical (unpaired) electrons. The van der Waals surface area contributed by atoms with E-state index in [0.717, 1.165) is 12.0 Å². The van der Waals surface area contributed by atoms with Gasteiger partial charge in [0.05, 0.1) is 12.5 Å². The van der Waals surface area contributed by atoms with E-state index < -0.39 is 0 Å². The van der Waals surface area contributed by atoms with Crippen molar-refractivity contribution in [3.8, 4) is 6.07 Å². The molecule has 0 aliphatic carbocycles. The number of nitriles is 1. The third-order valence-electron chi connectivity index (χ3n) is 2.04. The largest absolute Gasteiger partial charge is 0.323 e. The molecule has 1 unspecified atom stereocenters. The number of nitrogens with zero attached hydrogens (tertiary/aromatic N) is 2. The number of aryl methyl sites for hydroxylation is 1. The van der Waals surface area contributed by atoms with Gasteiger partial charge in [-0.3, -0.25) is 4.98 Å². The first-order chi connectivity index (χ1) is 6.29. The summed E-state index contributed by atoms with van der Waals surface area (Å²) in [6, 6.07) is 3.82. The number of hydrogen-bond acceptors (Lipinski definition) is 3. The molecule has 13 heavy (non-hydrogen) atoms. The molecule has 0 aliphatic rings. The second kappa shape index (κ2) is 4.58. The van der Waals surface area contributed by atoms with Gasteiger partial charge in [-0.1, -0.05) is 6.92 Å². The molecule has 0 spiro atoms. The molecular weight excluding hydrogens is 162 g/mol. The lowest BCUT2D eigenvalue weighted by Gasteiger charge is -2.11. The molecule has 1 aromatic heterocycles. The molecule has 0 fully saturated rings. The summed E-state index contributed by atoms with van der Waals surface area (Å²) in [5.74, 6) is 0. The van der Waals surface area contributed by atoms with Crippen LogP contribution in [0.5, 0.6) is 0 Å². The molecule has 3 nitrogen and oxygen atoms in total. The quantitative estimate of drug-likeness (QED) is 0.758. The molecule has 0 bridgehead atoms. The lowest BCUT2D eigenvalue weighted by Crippen LogP contribution is -2.12. The summed E-state index contributed by atoms with van der Waals surface area (Å²) in [7, 11) is 0. The summed E-state index contributed by atoms with van der Waals surface area (Å²) < 4.78 is 0. The van der Waals surface area contributed by atoms with E-state index >= 15 is 0 Å². The third-order valence-corrected chi connectivity index (χ3v) is 2.04. The van der Waals surface area contributed by atoms with Gasteiger partial charge in [0.25, 0.3) is 0 Å². The van der Waals surface area contributed by atoms with Crippen molar-refractivity contribution in [1.29, 1.82) is 5.26 Å². The predicted octanol–water partition coefficient (Wildman–Crippen LogP) is 1.56. The lowest BCUT2D eigenvalue weighted by molar-refractivity contribution is 0.732. The number of nitrogens with two attached hydrogens (primary N) is 1. The van der Waals surface area contributed by atoms with E-state index in [1.54, 1.807) is 12.4 Å².